The lowest BCUT2D eigenvalue weighted by Gasteiger charge is -2.09. The minimum atomic E-state index is 0.677. The van der Waals surface area contributed by atoms with E-state index in [1.54, 1.807) is 4.03 Å². The molecule has 4 nitrogen and oxygen atoms in total. The summed E-state index contributed by atoms with van der Waals surface area (Å²) in [5, 5.41) is 9.69. The Morgan fingerprint density at radius 2 is 2.11 bits per heavy atom. The molecule has 9 heavy (non-hydrogen) atoms. The molecular formula is C4H7BrN4. The molecule has 0 radical (unpaired) electrons. The molecule has 0 bridgehead atoms. The molecule has 5 heteroatoms. The first kappa shape index (κ1) is 5.46. The highest BCUT2D eigenvalue weighted by atomic mass is 79.9. The fraction of sp³-hybridized carbons (Fsp3) is 1.00. The van der Waals surface area contributed by atoms with E-state index in [1.165, 1.54) is 12.8 Å². The van der Waals surface area contributed by atoms with E-state index >= 15 is 0 Å². The topological polar surface area (TPSA) is 31.2 Å². The first-order valence-electron chi connectivity index (χ1n) is 2.98. The van der Waals surface area contributed by atoms with Crippen LogP contribution in [0.2, 0.25) is 0 Å². The van der Waals surface area contributed by atoms with Gasteiger partial charge in [-0.05, 0) is 18.1 Å². The van der Waals surface area contributed by atoms with Gasteiger partial charge in [-0.15, -0.1) is 0 Å². The van der Waals surface area contributed by atoms with Crippen molar-refractivity contribution in [2.24, 2.45) is 10.4 Å². The van der Waals surface area contributed by atoms with E-state index in [0.29, 0.717) is 6.04 Å². The predicted octanol–water partition coefficient (Wildman–Crippen LogP) is 1.32. The SMILES string of the molecule is BrN1CN(C2CC2)N=N1. The molecule has 1 saturated carbocycles. The van der Waals surface area contributed by atoms with Crippen LogP contribution in [-0.2, 0) is 0 Å². The van der Waals surface area contributed by atoms with Gasteiger partial charge >= 0.3 is 0 Å². The molecule has 0 aromatic rings. The van der Waals surface area contributed by atoms with Crippen molar-refractivity contribution in [1.29, 1.82) is 0 Å². The second-order valence-corrected chi connectivity index (χ2v) is 3.15. The standard InChI is InChI=1S/C4H7BrN4/c5-9-3-8(6-7-9)4-1-2-4/h4H,1-3H2. The van der Waals surface area contributed by atoms with Crippen LogP contribution >= 0.6 is 16.1 Å². The molecule has 0 N–H and O–H groups in total. The Bertz CT molecular complexity index is 144. The number of rotatable bonds is 1. The molecule has 50 valence electrons. The van der Waals surface area contributed by atoms with E-state index < -0.39 is 0 Å². The summed E-state index contributed by atoms with van der Waals surface area (Å²) in [5.41, 5.74) is 0. The number of hydrogen-bond donors (Lipinski definition) is 0. The van der Waals surface area contributed by atoms with Gasteiger partial charge < -0.3 is 0 Å². The largest absolute Gasteiger partial charge is 0.252 e. The lowest BCUT2D eigenvalue weighted by atomic mass is 10.7. The molecule has 2 rings (SSSR count). The summed E-state index contributed by atoms with van der Waals surface area (Å²) in [7, 11) is 0. The maximum atomic E-state index is 3.92. The van der Waals surface area contributed by atoms with Crippen LogP contribution < -0.4 is 0 Å². The molecule has 0 aromatic carbocycles. The van der Waals surface area contributed by atoms with Crippen molar-refractivity contribution in [3.8, 4) is 0 Å². The molecule has 1 aliphatic carbocycles. The second kappa shape index (κ2) is 1.83. The van der Waals surface area contributed by atoms with Crippen LogP contribution in [0.25, 0.3) is 0 Å². The highest BCUT2D eigenvalue weighted by Crippen LogP contribution is 2.30. The summed E-state index contributed by atoms with van der Waals surface area (Å²) in [6.07, 6.45) is 2.56. The smallest absolute Gasteiger partial charge is 0.139 e. The molecule has 1 aliphatic heterocycles. The summed E-state index contributed by atoms with van der Waals surface area (Å²) < 4.78 is 1.66. The van der Waals surface area contributed by atoms with E-state index in [4.69, 9.17) is 0 Å². The zero-order valence-electron chi connectivity index (χ0n) is 4.87. The van der Waals surface area contributed by atoms with Gasteiger partial charge in [0.1, 0.15) is 6.67 Å². The zero-order chi connectivity index (χ0) is 6.27. The molecule has 0 amide bonds. The van der Waals surface area contributed by atoms with Gasteiger partial charge in [0, 0.05) is 0 Å². The molecular weight excluding hydrogens is 184 g/mol. The van der Waals surface area contributed by atoms with E-state index in [-0.39, 0.29) is 0 Å². The van der Waals surface area contributed by atoms with Crippen molar-refractivity contribution in [3.63, 3.8) is 0 Å². The van der Waals surface area contributed by atoms with Crippen molar-refractivity contribution < 1.29 is 0 Å². The average Bonchev–Trinajstić information content (AvgIpc) is 2.58. The third-order valence-corrected chi connectivity index (χ3v) is 1.85. The molecule has 0 saturated heterocycles. The van der Waals surface area contributed by atoms with Gasteiger partial charge in [0.15, 0.2) is 0 Å². The average molecular weight is 191 g/mol. The van der Waals surface area contributed by atoms with Crippen molar-refractivity contribution in [2.45, 2.75) is 18.9 Å². The Morgan fingerprint density at radius 1 is 1.33 bits per heavy atom. The van der Waals surface area contributed by atoms with Crippen molar-refractivity contribution in [3.05, 3.63) is 0 Å². The Morgan fingerprint density at radius 3 is 2.56 bits per heavy atom. The summed E-state index contributed by atoms with van der Waals surface area (Å²) >= 11 is 3.21. The molecule has 1 heterocycles. The van der Waals surface area contributed by atoms with Crippen LogP contribution in [0.1, 0.15) is 12.8 Å². The maximum Gasteiger partial charge on any atom is 0.139 e. The van der Waals surface area contributed by atoms with Gasteiger partial charge in [0.05, 0.1) is 22.2 Å². The van der Waals surface area contributed by atoms with Crippen molar-refractivity contribution in [2.75, 3.05) is 6.67 Å². The van der Waals surface area contributed by atoms with Crippen LogP contribution in [-0.4, -0.2) is 21.8 Å². The lowest BCUT2D eigenvalue weighted by Crippen LogP contribution is -2.21. The van der Waals surface area contributed by atoms with Gasteiger partial charge in [0.2, 0.25) is 0 Å². The highest BCUT2D eigenvalue weighted by Gasteiger charge is 2.31. The number of halogens is 1. The predicted molar refractivity (Wildman–Crippen MR) is 35.4 cm³/mol. The van der Waals surface area contributed by atoms with E-state index in [2.05, 4.69) is 26.6 Å². The van der Waals surface area contributed by atoms with Gasteiger partial charge in [-0.3, -0.25) is 5.01 Å². The third-order valence-electron chi connectivity index (χ3n) is 1.48. The van der Waals surface area contributed by atoms with Gasteiger partial charge in [-0.1, -0.05) is 5.22 Å². The highest BCUT2D eigenvalue weighted by molar-refractivity contribution is 9.07. The Hall–Kier alpha value is -0.320. The van der Waals surface area contributed by atoms with Crippen LogP contribution in [0.5, 0.6) is 0 Å². The maximum absolute atomic E-state index is 3.92. The molecule has 0 spiro atoms. The van der Waals surface area contributed by atoms with Crippen molar-refractivity contribution >= 4 is 16.1 Å². The molecule has 0 atom stereocenters. The molecule has 2 aliphatic rings. The normalized spacial score (nSPS) is 25.9. The minimum absolute atomic E-state index is 0.677. The quantitative estimate of drug-likeness (QED) is 0.585. The van der Waals surface area contributed by atoms with Crippen LogP contribution in [0.4, 0.5) is 0 Å². The first-order valence-corrected chi connectivity index (χ1v) is 3.69. The fourth-order valence-electron chi connectivity index (χ4n) is 0.832. The summed E-state index contributed by atoms with van der Waals surface area (Å²) in [5.74, 6) is 0. The summed E-state index contributed by atoms with van der Waals surface area (Å²) in [6.45, 7) is 0.796. The van der Waals surface area contributed by atoms with Gasteiger partial charge in [-0.2, -0.15) is 4.03 Å². The zero-order valence-corrected chi connectivity index (χ0v) is 6.45. The van der Waals surface area contributed by atoms with E-state index in [0.717, 1.165) is 6.67 Å². The summed E-state index contributed by atoms with van der Waals surface area (Å²) in [4.78, 5) is 0. The third kappa shape index (κ3) is 1.01. The lowest BCUT2D eigenvalue weighted by molar-refractivity contribution is 0.272. The monoisotopic (exact) mass is 190 g/mol. The molecule has 1 fully saturated rings. The van der Waals surface area contributed by atoms with E-state index in [1.807, 2.05) is 5.01 Å². The Kier molecular flexibility index (Phi) is 1.11. The molecule has 0 aromatic heterocycles. The van der Waals surface area contributed by atoms with Crippen LogP contribution in [0.15, 0.2) is 10.4 Å². The van der Waals surface area contributed by atoms with Gasteiger partial charge in [-0.25, -0.2) is 0 Å². The minimum Gasteiger partial charge on any atom is -0.252 e. The summed E-state index contributed by atoms with van der Waals surface area (Å²) in [6, 6.07) is 0.677. The Balaban J connectivity index is 1.94. The first-order chi connectivity index (χ1) is 4.36. The second-order valence-electron chi connectivity index (χ2n) is 2.33. The number of nitrogens with zero attached hydrogens (tertiary/aromatic N) is 4. The Labute approximate surface area is 61.8 Å². The van der Waals surface area contributed by atoms with Crippen LogP contribution in [0, 0.1) is 0 Å². The van der Waals surface area contributed by atoms with Crippen molar-refractivity contribution in [1.82, 2.24) is 9.04 Å². The van der Waals surface area contributed by atoms with E-state index in [9.17, 15) is 0 Å². The van der Waals surface area contributed by atoms with Crippen LogP contribution in [0.3, 0.4) is 0 Å². The fourth-order valence-corrected chi connectivity index (χ4v) is 1.13. The van der Waals surface area contributed by atoms with Gasteiger partial charge in [0.25, 0.3) is 0 Å². The molecule has 0 unspecified atom stereocenters. The number of hydrogen-bond acceptors (Lipinski definition) is 4.